The smallest absolute Gasteiger partial charge is 0.227 e. The van der Waals surface area contributed by atoms with Crippen LogP contribution in [0.2, 0.25) is 0 Å². The molecule has 11 rings (SSSR count). The molecular weight excluding hydrogens is 697 g/mol. The third-order valence-electron chi connectivity index (χ3n) is 10.9. The van der Waals surface area contributed by atoms with E-state index in [9.17, 15) is 0 Å². The van der Waals surface area contributed by atoms with Crippen LogP contribution in [0.15, 0.2) is 215 Å². The molecular formula is C53H34N2O2. The lowest BCUT2D eigenvalue weighted by molar-refractivity contribution is 0.620. The summed E-state index contributed by atoms with van der Waals surface area (Å²) in [5.41, 5.74) is 13.8. The van der Waals surface area contributed by atoms with E-state index in [-0.39, 0.29) is 0 Å². The van der Waals surface area contributed by atoms with Crippen LogP contribution < -0.4 is 4.90 Å². The van der Waals surface area contributed by atoms with Gasteiger partial charge in [-0.15, -0.1) is 0 Å². The quantitative estimate of drug-likeness (QED) is 0.164. The standard InChI is InChI=1S/C53H34N2O2/c1-3-14-36(15-4-1)44-21-9-11-24-47(44)55(40-30-26-37(27-31-40)43-23-13-19-35-16-7-8-20-42(35)43)41-32-28-38(29-33-41)50-51-49(57-53(54-51)39-17-5-2-6-18-39)34-46-45-22-10-12-25-48(45)56-52(46)50/h1-34H. The molecule has 57 heavy (non-hydrogen) atoms. The summed E-state index contributed by atoms with van der Waals surface area (Å²) >= 11 is 0. The Morgan fingerprint density at radius 2 is 0.965 bits per heavy atom. The van der Waals surface area contributed by atoms with E-state index in [1.54, 1.807) is 0 Å². The minimum absolute atomic E-state index is 0.580. The van der Waals surface area contributed by atoms with Crippen molar-refractivity contribution in [2.24, 2.45) is 0 Å². The van der Waals surface area contributed by atoms with Crippen molar-refractivity contribution in [2.45, 2.75) is 0 Å². The molecule has 4 heteroatoms. The highest BCUT2D eigenvalue weighted by Crippen LogP contribution is 2.45. The molecule has 0 saturated heterocycles. The van der Waals surface area contributed by atoms with Gasteiger partial charge in [-0.1, -0.05) is 152 Å². The van der Waals surface area contributed by atoms with E-state index < -0.39 is 0 Å². The lowest BCUT2D eigenvalue weighted by Gasteiger charge is -2.28. The maximum atomic E-state index is 6.62. The number of para-hydroxylation sites is 2. The monoisotopic (exact) mass is 730 g/mol. The van der Waals surface area contributed by atoms with Crippen molar-refractivity contribution in [1.82, 2.24) is 4.98 Å². The Balaban J connectivity index is 1.08. The van der Waals surface area contributed by atoms with Gasteiger partial charge in [0.25, 0.3) is 0 Å². The molecule has 0 atom stereocenters. The molecule has 4 nitrogen and oxygen atoms in total. The Labute approximate surface area is 329 Å². The van der Waals surface area contributed by atoms with Crippen LogP contribution >= 0.6 is 0 Å². The van der Waals surface area contributed by atoms with Crippen LogP contribution in [-0.2, 0) is 0 Å². The molecule has 0 saturated carbocycles. The first-order valence-corrected chi connectivity index (χ1v) is 19.2. The summed E-state index contributed by atoms with van der Waals surface area (Å²) in [5, 5.41) is 4.51. The second-order valence-electron chi connectivity index (χ2n) is 14.3. The van der Waals surface area contributed by atoms with Crippen LogP contribution in [0.4, 0.5) is 17.1 Å². The first-order chi connectivity index (χ1) is 28.3. The number of aromatic nitrogens is 1. The fraction of sp³-hybridized carbons (Fsp3) is 0. The average molecular weight is 731 g/mol. The van der Waals surface area contributed by atoms with E-state index in [4.69, 9.17) is 13.8 Å². The minimum atomic E-state index is 0.580. The first kappa shape index (κ1) is 32.7. The van der Waals surface area contributed by atoms with Gasteiger partial charge in [0, 0.05) is 33.3 Å². The first-order valence-electron chi connectivity index (χ1n) is 19.2. The zero-order valence-electron chi connectivity index (χ0n) is 30.8. The van der Waals surface area contributed by atoms with Gasteiger partial charge in [0.15, 0.2) is 5.58 Å². The second-order valence-corrected chi connectivity index (χ2v) is 14.3. The molecule has 0 spiro atoms. The van der Waals surface area contributed by atoms with Crippen LogP contribution in [0.25, 0.3) is 88.6 Å². The summed E-state index contributed by atoms with van der Waals surface area (Å²) in [7, 11) is 0. The van der Waals surface area contributed by atoms with Crippen LogP contribution in [-0.4, -0.2) is 4.98 Å². The highest BCUT2D eigenvalue weighted by atomic mass is 16.4. The zero-order valence-corrected chi connectivity index (χ0v) is 30.8. The van der Waals surface area contributed by atoms with E-state index in [1.165, 1.54) is 21.9 Å². The fourth-order valence-electron chi connectivity index (χ4n) is 8.22. The Morgan fingerprint density at radius 1 is 0.386 bits per heavy atom. The molecule has 0 amide bonds. The van der Waals surface area contributed by atoms with Crippen molar-refractivity contribution in [3.05, 3.63) is 206 Å². The van der Waals surface area contributed by atoms with Crippen molar-refractivity contribution in [1.29, 1.82) is 0 Å². The van der Waals surface area contributed by atoms with Gasteiger partial charge >= 0.3 is 0 Å². The number of hydrogen-bond donors (Lipinski definition) is 0. The van der Waals surface area contributed by atoms with Crippen LogP contribution in [0.3, 0.4) is 0 Å². The summed E-state index contributed by atoms with van der Waals surface area (Å²) < 4.78 is 13.1. The Hall–Kier alpha value is -7.69. The van der Waals surface area contributed by atoms with E-state index in [2.05, 4.69) is 163 Å². The summed E-state index contributed by atoms with van der Waals surface area (Å²) in [6, 6.07) is 72.2. The molecule has 0 radical (unpaired) electrons. The highest BCUT2D eigenvalue weighted by Gasteiger charge is 2.23. The molecule has 0 unspecified atom stereocenters. The van der Waals surface area contributed by atoms with Crippen molar-refractivity contribution in [3.63, 3.8) is 0 Å². The van der Waals surface area contributed by atoms with Crippen LogP contribution in [0.1, 0.15) is 0 Å². The molecule has 2 aromatic heterocycles. The number of rotatable bonds is 7. The predicted octanol–water partition coefficient (Wildman–Crippen LogP) is 15.0. The number of furan rings is 1. The molecule has 0 N–H and O–H groups in total. The largest absolute Gasteiger partial charge is 0.455 e. The van der Waals surface area contributed by atoms with Crippen molar-refractivity contribution in [2.75, 3.05) is 4.90 Å². The summed E-state index contributed by atoms with van der Waals surface area (Å²) in [5.74, 6) is 0.580. The fourth-order valence-corrected chi connectivity index (χ4v) is 8.22. The predicted molar refractivity (Wildman–Crippen MR) is 235 cm³/mol. The third kappa shape index (κ3) is 5.66. The van der Waals surface area contributed by atoms with Crippen LogP contribution in [0.5, 0.6) is 0 Å². The maximum absolute atomic E-state index is 6.62. The minimum Gasteiger partial charge on any atom is -0.455 e. The molecule has 268 valence electrons. The van der Waals surface area contributed by atoms with E-state index in [0.717, 1.165) is 77.9 Å². The van der Waals surface area contributed by atoms with Gasteiger partial charge in [0.2, 0.25) is 5.89 Å². The Bertz CT molecular complexity index is 3210. The van der Waals surface area contributed by atoms with Gasteiger partial charge in [-0.3, -0.25) is 0 Å². The van der Waals surface area contributed by atoms with Crippen molar-refractivity contribution >= 4 is 60.9 Å². The van der Waals surface area contributed by atoms with Crippen molar-refractivity contribution < 1.29 is 8.83 Å². The molecule has 0 fully saturated rings. The van der Waals surface area contributed by atoms with Gasteiger partial charge < -0.3 is 13.7 Å². The van der Waals surface area contributed by atoms with Gasteiger partial charge in [0.1, 0.15) is 16.7 Å². The number of benzene rings is 9. The van der Waals surface area contributed by atoms with Gasteiger partial charge in [-0.25, -0.2) is 4.98 Å². The summed E-state index contributed by atoms with van der Waals surface area (Å²) in [4.78, 5) is 7.44. The Morgan fingerprint density at radius 3 is 1.74 bits per heavy atom. The van der Waals surface area contributed by atoms with E-state index in [0.29, 0.717) is 5.89 Å². The highest BCUT2D eigenvalue weighted by molar-refractivity contribution is 6.16. The van der Waals surface area contributed by atoms with Gasteiger partial charge in [-0.05, 0) is 87.6 Å². The molecule has 0 aliphatic heterocycles. The van der Waals surface area contributed by atoms with Crippen molar-refractivity contribution in [3.8, 4) is 44.8 Å². The topological polar surface area (TPSA) is 42.4 Å². The third-order valence-corrected chi connectivity index (χ3v) is 10.9. The number of hydrogen-bond acceptors (Lipinski definition) is 4. The lowest BCUT2D eigenvalue weighted by atomic mass is 9.97. The molecule has 0 bridgehead atoms. The zero-order chi connectivity index (χ0) is 37.7. The maximum Gasteiger partial charge on any atom is 0.227 e. The Kier molecular flexibility index (Phi) is 7.78. The number of fused-ring (bicyclic) bond motifs is 5. The lowest BCUT2D eigenvalue weighted by Crippen LogP contribution is -2.11. The molecule has 0 aliphatic carbocycles. The summed E-state index contributed by atoms with van der Waals surface area (Å²) in [6.07, 6.45) is 0. The number of nitrogens with zero attached hydrogens (tertiary/aromatic N) is 2. The molecule has 9 aromatic carbocycles. The van der Waals surface area contributed by atoms with Gasteiger partial charge in [-0.2, -0.15) is 0 Å². The second kappa shape index (κ2) is 13.6. The summed E-state index contributed by atoms with van der Waals surface area (Å²) in [6.45, 7) is 0. The number of anilines is 3. The molecule has 2 heterocycles. The van der Waals surface area contributed by atoms with E-state index in [1.807, 2.05) is 48.5 Å². The molecule has 11 aromatic rings. The SMILES string of the molecule is c1ccc(-c2nc3c(-c4ccc(N(c5ccc(-c6cccc7ccccc67)cc5)c5ccccc5-c5ccccc5)cc4)c4oc5ccccc5c4cc3o2)cc1. The molecule has 0 aliphatic rings. The normalized spacial score (nSPS) is 11.5. The van der Waals surface area contributed by atoms with E-state index >= 15 is 0 Å². The van der Waals surface area contributed by atoms with Crippen LogP contribution in [0, 0.1) is 0 Å². The number of oxazole rings is 1. The van der Waals surface area contributed by atoms with Gasteiger partial charge in [0.05, 0.1) is 11.3 Å². The average Bonchev–Trinajstić information content (AvgIpc) is 3.88.